The van der Waals surface area contributed by atoms with Gasteiger partial charge in [-0.2, -0.15) is 0 Å². The predicted octanol–water partition coefficient (Wildman–Crippen LogP) is 8.02. The molecule has 0 aliphatic heterocycles. The Hall–Kier alpha value is -2.20. The van der Waals surface area contributed by atoms with E-state index in [0.29, 0.717) is 0 Å². The standard InChI is InChI=1S/C30H41NOSi/c1-29(2,3)33(5,6)32-30(4,28-20-14-9-15-21-28)22-23-31(24-26-16-10-7-11-17-26)25-27-18-12-8-13-19-27/h7-21H,22-25H2,1-6H3. The van der Waals surface area contributed by atoms with E-state index in [4.69, 9.17) is 4.43 Å². The van der Waals surface area contributed by atoms with Crippen LogP contribution in [0, 0.1) is 0 Å². The molecule has 3 aromatic carbocycles. The first-order chi connectivity index (χ1) is 15.6. The zero-order valence-corrected chi connectivity index (χ0v) is 22.3. The van der Waals surface area contributed by atoms with Crippen LogP contribution in [0.5, 0.6) is 0 Å². The molecule has 0 saturated carbocycles. The zero-order chi connectivity index (χ0) is 24.0. The van der Waals surface area contributed by atoms with E-state index < -0.39 is 8.32 Å². The lowest BCUT2D eigenvalue weighted by Gasteiger charge is -2.45. The first kappa shape index (κ1) is 25.4. The highest BCUT2D eigenvalue weighted by Crippen LogP contribution is 2.43. The van der Waals surface area contributed by atoms with Gasteiger partial charge >= 0.3 is 0 Å². The van der Waals surface area contributed by atoms with Crippen molar-refractivity contribution in [3.63, 3.8) is 0 Å². The Kier molecular flexibility index (Phi) is 8.33. The van der Waals surface area contributed by atoms with E-state index in [9.17, 15) is 0 Å². The van der Waals surface area contributed by atoms with Crippen LogP contribution >= 0.6 is 0 Å². The van der Waals surface area contributed by atoms with Crippen LogP contribution in [0.2, 0.25) is 18.1 Å². The Morgan fingerprint density at radius 2 is 1.09 bits per heavy atom. The molecule has 176 valence electrons. The molecule has 0 radical (unpaired) electrons. The molecule has 0 amide bonds. The van der Waals surface area contributed by atoms with Gasteiger partial charge < -0.3 is 4.43 Å². The summed E-state index contributed by atoms with van der Waals surface area (Å²) in [6.45, 7) is 16.8. The molecule has 0 aromatic heterocycles. The summed E-state index contributed by atoms with van der Waals surface area (Å²) in [5, 5.41) is 0.163. The Morgan fingerprint density at radius 1 is 0.667 bits per heavy atom. The predicted molar refractivity (Wildman–Crippen MR) is 144 cm³/mol. The summed E-state index contributed by atoms with van der Waals surface area (Å²) in [6.07, 6.45) is 0.948. The lowest BCUT2D eigenvalue weighted by Crippen LogP contribution is -2.48. The van der Waals surface area contributed by atoms with Crippen molar-refractivity contribution in [3.05, 3.63) is 108 Å². The molecule has 0 spiro atoms. The Morgan fingerprint density at radius 3 is 1.52 bits per heavy atom. The number of hydrogen-bond donors (Lipinski definition) is 0. The summed E-state index contributed by atoms with van der Waals surface area (Å²) in [6, 6.07) is 32.4. The van der Waals surface area contributed by atoms with Gasteiger partial charge in [-0.1, -0.05) is 112 Å². The van der Waals surface area contributed by atoms with E-state index in [-0.39, 0.29) is 10.6 Å². The molecule has 1 atom stereocenters. The Bertz CT molecular complexity index is 925. The molecule has 0 aliphatic rings. The topological polar surface area (TPSA) is 12.5 Å². The van der Waals surface area contributed by atoms with Gasteiger partial charge in [0.25, 0.3) is 0 Å². The minimum atomic E-state index is -1.96. The van der Waals surface area contributed by atoms with Gasteiger partial charge in [0.1, 0.15) is 0 Å². The lowest BCUT2D eigenvalue weighted by atomic mass is 9.92. The number of nitrogens with zero attached hydrogens (tertiary/aromatic N) is 1. The summed E-state index contributed by atoms with van der Waals surface area (Å²) < 4.78 is 7.14. The summed E-state index contributed by atoms with van der Waals surface area (Å²) in [5.41, 5.74) is 3.64. The van der Waals surface area contributed by atoms with Gasteiger partial charge in [0.05, 0.1) is 5.60 Å². The average molecular weight is 460 g/mol. The molecule has 3 heteroatoms. The molecular formula is C30H41NOSi. The second-order valence-electron chi connectivity index (χ2n) is 10.9. The molecule has 3 rings (SSSR count). The first-order valence-electron chi connectivity index (χ1n) is 12.1. The van der Waals surface area contributed by atoms with Crippen LogP contribution in [0.4, 0.5) is 0 Å². The SMILES string of the molecule is CC(CCN(Cc1ccccc1)Cc1ccccc1)(O[Si](C)(C)C(C)(C)C)c1ccccc1. The monoisotopic (exact) mass is 459 g/mol. The van der Waals surface area contributed by atoms with Gasteiger partial charge in [-0.25, -0.2) is 0 Å². The van der Waals surface area contributed by atoms with Crippen molar-refractivity contribution < 1.29 is 4.43 Å². The van der Waals surface area contributed by atoms with Crippen LogP contribution in [-0.4, -0.2) is 19.8 Å². The molecule has 0 bridgehead atoms. The van der Waals surface area contributed by atoms with Crippen LogP contribution in [-0.2, 0) is 23.1 Å². The van der Waals surface area contributed by atoms with Crippen LogP contribution in [0.15, 0.2) is 91.0 Å². The van der Waals surface area contributed by atoms with E-state index in [0.717, 1.165) is 26.1 Å². The maximum absolute atomic E-state index is 7.14. The van der Waals surface area contributed by atoms with Crippen molar-refractivity contribution >= 4 is 8.32 Å². The van der Waals surface area contributed by atoms with Crippen molar-refractivity contribution in [3.8, 4) is 0 Å². The van der Waals surface area contributed by atoms with Crippen LogP contribution < -0.4 is 0 Å². The van der Waals surface area contributed by atoms with Crippen LogP contribution in [0.1, 0.15) is 50.8 Å². The molecule has 0 aliphatic carbocycles. The lowest BCUT2D eigenvalue weighted by molar-refractivity contribution is 0.0455. The van der Waals surface area contributed by atoms with Gasteiger partial charge in [-0.15, -0.1) is 0 Å². The van der Waals surface area contributed by atoms with Gasteiger partial charge in [-0.05, 0) is 48.2 Å². The van der Waals surface area contributed by atoms with E-state index in [1.807, 2.05) is 0 Å². The number of rotatable bonds is 10. The van der Waals surface area contributed by atoms with Crippen molar-refractivity contribution in [1.29, 1.82) is 0 Å². The van der Waals surface area contributed by atoms with Crippen molar-refractivity contribution in [2.75, 3.05) is 6.54 Å². The first-order valence-corrected chi connectivity index (χ1v) is 15.1. The summed E-state index contributed by atoms with van der Waals surface area (Å²) >= 11 is 0. The molecule has 0 heterocycles. The van der Waals surface area contributed by atoms with Gasteiger partial charge in [-0.3, -0.25) is 4.90 Å². The molecule has 0 fully saturated rings. The second kappa shape index (κ2) is 10.8. The third-order valence-corrected chi connectivity index (χ3v) is 11.6. The van der Waals surface area contributed by atoms with E-state index in [1.165, 1.54) is 16.7 Å². The van der Waals surface area contributed by atoms with Gasteiger partial charge in [0.2, 0.25) is 0 Å². The minimum Gasteiger partial charge on any atom is -0.408 e. The summed E-state index contributed by atoms with van der Waals surface area (Å²) in [4.78, 5) is 2.56. The highest BCUT2D eigenvalue weighted by molar-refractivity contribution is 6.74. The molecule has 0 N–H and O–H groups in total. The second-order valence-corrected chi connectivity index (χ2v) is 15.6. The number of hydrogen-bond acceptors (Lipinski definition) is 2. The smallest absolute Gasteiger partial charge is 0.193 e. The largest absolute Gasteiger partial charge is 0.408 e. The third-order valence-electron chi connectivity index (χ3n) is 7.07. The van der Waals surface area contributed by atoms with Crippen molar-refractivity contribution in [1.82, 2.24) is 4.90 Å². The fourth-order valence-electron chi connectivity index (χ4n) is 4.03. The highest BCUT2D eigenvalue weighted by atomic mass is 28.4. The molecule has 33 heavy (non-hydrogen) atoms. The molecular weight excluding hydrogens is 418 g/mol. The molecule has 0 saturated heterocycles. The van der Waals surface area contributed by atoms with Gasteiger partial charge in [0, 0.05) is 19.6 Å². The van der Waals surface area contributed by atoms with Crippen LogP contribution in [0.3, 0.4) is 0 Å². The molecule has 2 nitrogen and oxygen atoms in total. The maximum Gasteiger partial charge on any atom is 0.193 e. The van der Waals surface area contributed by atoms with E-state index >= 15 is 0 Å². The zero-order valence-electron chi connectivity index (χ0n) is 21.3. The molecule has 3 aromatic rings. The fourth-order valence-corrected chi connectivity index (χ4v) is 5.68. The Labute approximate surface area is 202 Å². The fraction of sp³-hybridized carbons (Fsp3) is 0.400. The quantitative estimate of drug-likeness (QED) is 0.285. The van der Waals surface area contributed by atoms with Gasteiger partial charge in [0.15, 0.2) is 8.32 Å². The average Bonchev–Trinajstić information content (AvgIpc) is 2.78. The van der Waals surface area contributed by atoms with Crippen molar-refractivity contribution in [2.24, 2.45) is 0 Å². The van der Waals surface area contributed by atoms with E-state index in [2.05, 4.69) is 137 Å². The van der Waals surface area contributed by atoms with E-state index in [1.54, 1.807) is 0 Å². The van der Waals surface area contributed by atoms with Crippen molar-refractivity contribution in [2.45, 2.75) is 70.9 Å². The minimum absolute atomic E-state index is 0.163. The summed E-state index contributed by atoms with van der Waals surface area (Å²) in [5.74, 6) is 0. The Balaban J connectivity index is 1.85. The maximum atomic E-state index is 7.14. The highest BCUT2D eigenvalue weighted by Gasteiger charge is 2.43. The summed E-state index contributed by atoms with van der Waals surface area (Å²) in [7, 11) is -1.96. The van der Waals surface area contributed by atoms with Crippen LogP contribution in [0.25, 0.3) is 0 Å². The molecule has 1 unspecified atom stereocenters. The normalized spacial score (nSPS) is 14.3. The number of benzene rings is 3. The third kappa shape index (κ3) is 7.14.